The Morgan fingerprint density at radius 1 is 1.40 bits per heavy atom. The summed E-state index contributed by atoms with van der Waals surface area (Å²) in [4.78, 5) is 14.4. The van der Waals surface area contributed by atoms with E-state index in [9.17, 15) is 9.90 Å². The summed E-state index contributed by atoms with van der Waals surface area (Å²) in [5, 5.41) is 9.26. The van der Waals surface area contributed by atoms with Gasteiger partial charge in [0.05, 0.1) is 6.04 Å². The lowest BCUT2D eigenvalue weighted by molar-refractivity contribution is -0.136. The Bertz CT molecular complexity index is 458. The number of likely N-dealkylation sites (tertiary alicyclic amines) is 1. The van der Waals surface area contributed by atoms with Crippen LogP contribution < -0.4 is 5.73 Å². The van der Waals surface area contributed by atoms with Crippen molar-refractivity contribution in [3.63, 3.8) is 0 Å². The fourth-order valence-electron chi connectivity index (χ4n) is 2.92. The van der Waals surface area contributed by atoms with E-state index in [4.69, 9.17) is 5.73 Å². The summed E-state index contributed by atoms with van der Waals surface area (Å²) in [5.74, 6) is 0.951. The van der Waals surface area contributed by atoms with E-state index in [0.717, 1.165) is 24.9 Å². The Morgan fingerprint density at radius 2 is 2.05 bits per heavy atom. The van der Waals surface area contributed by atoms with Gasteiger partial charge in [-0.05, 0) is 49.8 Å². The number of piperidine rings is 1. The van der Waals surface area contributed by atoms with E-state index in [1.807, 2.05) is 17.0 Å². The number of hydrogen-bond donors (Lipinski definition) is 2. The molecule has 1 fully saturated rings. The number of phenolic OH excluding ortho intramolecular Hbond substituents is 1. The predicted molar refractivity (Wildman–Crippen MR) is 79.4 cm³/mol. The lowest BCUT2D eigenvalue weighted by atomic mass is 9.92. The first kappa shape index (κ1) is 14.9. The molecule has 0 bridgehead atoms. The minimum Gasteiger partial charge on any atom is -0.508 e. The summed E-state index contributed by atoms with van der Waals surface area (Å²) >= 11 is 0. The van der Waals surface area contributed by atoms with E-state index in [0.29, 0.717) is 12.3 Å². The molecule has 0 radical (unpaired) electrons. The van der Waals surface area contributed by atoms with Crippen LogP contribution in [0.1, 0.15) is 32.3 Å². The number of phenols is 1. The van der Waals surface area contributed by atoms with Crippen LogP contribution in [-0.2, 0) is 11.2 Å². The maximum Gasteiger partial charge on any atom is 0.240 e. The van der Waals surface area contributed by atoms with Crippen LogP contribution in [0.5, 0.6) is 5.75 Å². The van der Waals surface area contributed by atoms with Gasteiger partial charge in [0.25, 0.3) is 0 Å². The Labute approximate surface area is 120 Å². The molecule has 1 aromatic carbocycles. The number of amides is 1. The Balaban J connectivity index is 1.96. The maximum atomic E-state index is 12.4. The van der Waals surface area contributed by atoms with Crippen molar-refractivity contribution in [3.8, 4) is 5.75 Å². The fourth-order valence-corrected chi connectivity index (χ4v) is 2.92. The molecule has 1 amide bonds. The molecular formula is C16H24N2O2. The number of aromatic hydroxyl groups is 1. The second kappa shape index (κ2) is 6.27. The lowest BCUT2D eigenvalue weighted by Gasteiger charge is -2.38. The van der Waals surface area contributed by atoms with Gasteiger partial charge >= 0.3 is 0 Å². The zero-order chi connectivity index (χ0) is 14.7. The first-order chi connectivity index (χ1) is 9.47. The molecule has 0 spiro atoms. The van der Waals surface area contributed by atoms with Gasteiger partial charge in [-0.15, -0.1) is 0 Å². The summed E-state index contributed by atoms with van der Waals surface area (Å²) in [5.41, 5.74) is 7.04. The van der Waals surface area contributed by atoms with Crippen molar-refractivity contribution < 1.29 is 9.90 Å². The van der Waals surface area contributed by atoms with Gasteiger partial charge in [0.1, 0.15) is 5.75 Å². The molecule has 0 aromatic heterocycles. The fraction of sp³-hybridized carbons (Fsp3) is 0.562. The van der Waals surface area contributed by atoms with Crippen molar-refractivity contribution >= 4 is 5.91 Å². The van der Waals surface area contributed by atoms with Crippen molar-refractivity contribution in [2.24, 2.45) is 11.7 Å². The van der Waals surface area contributed by atoms with Gasteiger partial charge in [-0.2, -0.15) is 0 Å². The molecule has 0 aliphatic carbocycles. The van der Waals surface area contributed by atoms with Crippen LogP contribution in [0.2, 0.25) is 0 Å². The molecule has 20 heavy (non-hydrogen) atoms. The Hall–Kier alpha value is -1.55. The molecule has 1 aliphatic rings. The first-order valence-electron chi connectivity index (χ1n) is 7.31. The van der Waals surface area contributed by atoms with Crippen molar-refractivity contribution in [1.29, 1.82) is 0 Å². The van der Waals surface area contributed by atoms with E-state index < -0.39 is 6.04 Å². The summed E-state index contributed by atoms with van der Waals surface area (Å²) < 4.78 is 0. The number of carbonyl (C=O) groups excluding carboxylic acids is 1. The highest BCUT2D eigenvalue weighted by atomic mass is 16.3. The molecule has 4 heteroatoms. The first-order valence-corrected chi connectivity index (χ1v) is 7.31. The topological polar surface area (TPSA) is 66.6 Å². The molecule has 1 aliphatic heterocycles. The third-order valence-electron chi connectivity index (χ3n) is 4.13. The third-order valence-corrected chi connectivity index (χ3v) is 4.13. The third kappa shape index (κ3) is 3.51. The van der Waals surface area contributed by atoms with Crippen LogP contribution in [0, 0.1) is 5.92 Å². The number of benzene rings is 1. The second-order valence-electron chi connectivity index (χ2n) is 5.99. The van der Waals surface area contributed by atoms with Gasteiger partial charge < -0.3 is 15.7 Å². The second-order valence-corrected chi connectivity index (χ2v) is 5.99. The molecule has 1 saturated heterocycles. The number of carbonyl (C=O) groups is 1. The van der Waals surface area contributed by atoms with Gasteiger partial charge in [-0.25, -0.2) is 0 Å². The van der Waals surface area contributed by atoms with E-state index >= 15 is 0 Å². The summed E-state index contributed by atoms with van der Waals surface area (Å²) in [7, 11) is 0. The van der Waals surface area contributed by atoms with Gasteiger partial charge in [0.2, 0.25) is 5.91 Å². The van der Waals surface area contributed by atoms with Crippen molar-refractivity contribution in [2.45, 2.75) is 45.2 Å². The highest BCUT2D eigenvalue weighted by Crippen LogP contribution is 2.23. The van der Waals surface area contributed by atoms with Gasteiger partial charge in [0.15, 0.2) is 0 Å². The zero-order valence-corrected chi connectivity index (χ0v) is 12.2. The molecule has 3 N–H and O–H groups in total. The van der Waals surface area contributed by atoms with Gasteiger partial charge in [-0.1, -0.05) is 19.1 Å². The number of nitrogens with zero attached hydrogens (tertiary/aromatic N) is 1. The average molecular weight is 276 g/mol. The molecule has 4 nitrogen and oxygen atoms in total. The largest absolute Gasteiger partial charge is 0.508 e. The SMILES string of the molecule is CC1CCN(C(=O)C(N)Cc2ccc(O)cc2)C(C)C1. The zero-order valence-electron chi connectivity index (χ0n) is 12.2. The molecule has 1 aromatic rings. The average Bonchev–Trinajstić information content (AvgIpc) is 2.40. The van der Waals surface area contributed by atoms with E-state index in [-0.39, 0.29) is 17.7 Å². The molecule has 0 saturated carbocycles. The van der Waals surface area contributed by atoms with E-state index in [1.54, 1.807) is 12.1 Å². The molecule has 110 valence electrons. The lowest BCUT2D eigenvalue weighted by Crippen LogP contribution is -2.51. The Morgan fingerprint density at radius 3 is 2.65 bits per heavy atom. The monoisotopic (exact) mass is 276 g/mol. The standard InChI is InChI=1S/C16H24N2O2/c1-11-7-8-18(12(2)9-11)16(20)15(17)10-13-3-5-14(19)6-4-13/h3-6,11-12,15,19H,7-10,17H2,1-2H3. The van der Waals surface area contributed by atoms with Crippen LogP contribution in [0.25, 0.3) is 0 Å². The highest BCUT2D eigenvalue weighted by molar-refractivity contribution is 5.82. The number of nitrogens with two attached hydrogens (primary N) is 1. The smallest absolute Gasteiger partial charge is 0.240 e. The summed E-state index contributed by atoms with van der Waals surface area (Å²) in [6.07, 6.45) is 2.62. The number of rotatable bonds is 3. The highest BCUT2D eigenvalue weighted by Gasteiger charge is 2.29. The van der Waals surface area contributed by atoms with Crippen LogP contribution in [-0.4, -0.2) is 34.5 Å². The summed E-state index contributed by atoms with van der Waals surface area (Å²) in [6.45, 7) is 5.14. The van der Waals surface area contributed by atoms with E-state index in [2.05, 4.69) is 13.8 Å². The molecule has 1 heterocycles. The van der Waals surface area contributed by atoms with Crippen molar-refractivity contribution in [1.82, 2.24) is 4.90 Å². The van der Waals surface area contributed by atoms with Crippen LogP contribution in [0.15, 0.2) is 24.3 Å². The van der Waals surface area contributed by atoms with Crippen molar-refractivity contribution in [2.75, 3.05) is 6.54 Å². The van der Waals surface area contributed by atoms with Crippen molar-refractivity contribution in [3.05, 3.63) is 29.8 Å². The van der Waals surface area contributed by atoms with Crippen LogP contribution in [0.4, 0.5) is 0 Å². The van der Waals surface area contributed by atoms with Gasteiger partial charge in [0, 0.05) is 12.6 Å². The minimum absolute atomic E-state index is 0.0393. The summed E-state index contributed by atoms with van der Waals surface area (Å²) in [6, 6.07) is 6.64. The molecular weight excluding hydrogens is 252 g/mol. The predicted octanol–water partition coefficient (Wildman–Crippen LogP) is 1.91. The minimum atomic E-state index is -0.504. The maximum absolute atomic E-state index is 12.4. The van der Waals surface area contributed by atoms with Gasteiger partial charge in [-0.3, -0.25) is 4.79 Å². The van der Waals surface area contributed by atoms with E-state index in [1.165, 1.54) is 0 Å². The van der Waals surface area contributed by atoms with Crippen LogP contribution in [0.3, 0.4) is 0 Å². The molecule has 2 rings (SSSR count). The number of hydrogen-bond acceptors (Lipinski definition) is 3. The molecule has 3 unspecified atom stereocenters. The normalized spacial score (nSPS) is 24.4. The van der Waals surface area contributed by atoms with Crippen LogP contribution >= 0.6 is 0 Å². The molecule has 3 atom stereocenters. The quantitative estimate of drug-likeness (QED) is 0.886. The Kier molecular flexibility index (Phi) is 4.65.